The number of nitrogens with zero attached hydrogens (tertiary/aromatic N) is 4. The van der Waals surface area contributed by atoms with E-state index in [0.717, 1.165) is 0 Å². The van der Waals surface area contributed by atoms with Crippen molar-refractivity contribution in [2.45, 2.75) is 23.4 Å². The van der Waals surface area contributed by atoms with E-state index in [4.69, 9.17) is 5.73 Å². The van der Waals surface area contributed by atoms with Gasteiger partial charge in [0.1, 0.15) is 0 Å². The van der Waals surface area contributed by atoms with Crippen molar-refractivity contribution in [3.05, 3.63) is 0 Å². The van der Waals surface area contributed by atoms with Crippen LogP contribution in [-0.4, -0.2) is 63.2 Å². The molecule has 1 aromatic rings. The lowest BCUT2D eigenvalue weighted by Gasteiger charge is -2.35. The number of carbonyl (C=O) groups excluding carboxylic acids is 2. The molecule has 9 heteroatoms. The summed E-state index contributed by atoms with van der Waals surface area (Å²) in [7, 11) is 0. The van der Waals surface area contributed by atoms with Gasteiger partial charge in [-0.25, -0.2) is 0 Å². The standard InChI is InChI=1S/C11H17N5O2S2/c1-7(19-11-14-13-10(12)20-11)9(18)16-5-3-15(4-6-16)8(2)17/h7H,3-6H2,1-2H3,(H2,12,13). The first kappa shape index (κ1) is 15.0. The molecule has 110 valence electrons. The van der Waals surface area contributed by atoms with E-state index >= 15 is 0 Å². The van der Waals surface area contributed by atoms with Crippen LogP contribution in [0.25, 0.3) is 0 Å². The molecule has 0 aromatic carbocycles. The van der Waals surface area contributed by atoms with Crippen LogP contribution in [0.4, 0.5) is 5.13 Å². The van der Waals surface area contributed by atoms with Gasteiger partial charge in [-0.15, -0.1) is 10.2 Å². The molecule has 0 bridgehead atoms. The Labute approximate surface area is 125 Å². The number of nitrogen functional groups attached to an aromatic ring is 1. The van der Waals surface area contributed by atoms with E-state index in [9.17, 15) is 9.59 Å². The summed E-state index contributed by atoms with van der Waals surface area (Å²) in [5.74, 6) is 0.121. The van der Waals surface area contributed by atoms with Crippen molar-refractivity contribution in [2.75, 3.05) is 31.9 Å². The number of piperazine rings is 1. The number of hydrogen-bond donors (Lipinski definition) is 1. The van der Waals surface area contributed by atoms with Gasteiger partial charge in [0.25, 0.3) is 0 Å². The fraction of sp³-hybridized carbons (Fsp3) is 0.636. The number of amides is 2. The molecule has 0 spiro atoms. The van der Waals surface area contributed by atoms with Crippen molar-refractivity contribution in [3.8, 4) is 0 Å². The highest BCUT2D eigenvalue weighted by Crippen LogP contribution is 2.28. The van der Waals surface area contributed by atoms with Gasteiger partial charge in [-0.1, -0.05) is 23.1 Å². The Kier molecular flexibility index (Phi) is 4.81. The Hall–Kier alpha value is -1.35. The first-order chi connectivity index (χ1) is 9.47. The summed E-state index contributed by atoms with van der Waals surface area (Å²) in [6.07, 6.45) is 0. The summed E-state index contributed by atoms with van der Waals surface area (Å²) in [4.78, 5) is 27.1. The number of nitrogens with two attached hydrogens (primary N) is 1. The lowest BCUT2D eigenvalue weighted by molar-refractivity contribution is -0.137. The van der Waals surface area contributed by atoms with Gasteiger partial charge in [0.15, 0.2) is 4.34 Å². The zero-order chi connectivity index (χ0) is 14.7. The Morgan fingerprint density at radius 2 is 1.85 bits per heavy atom. The second kappa shape index (κ2) is 6.40. The first-order valence-corrected chi connectivity index (χ1v) is 7.97. The molecule has 0 radical (unpaired) electrons. The van der Waals surface area contributed by atoms with E-state index in [0.29, 0.717) is 35.7 Å². The molecule has 2 amide bonds. The van der Waals surface area contributed by atoms with E-state index in [1.54, 1.807) is 16.7 Å². The van der Waals surface area contributed by atoms with Crippen LogP contribution in [0.5, 0.6) is 0 Å². The maximum Gasteiger partial charge on any atom is 0.235 e. The highest BCUT2D eigenvalue weighted by atomic mass is 32.2. The van der Waals surface area contributed by atoms with Crippen LogP contribution < -0.4 is 5.73 Å². The van der Waals surface area contributed by atoms with E-state index in [2.05, 4.69) is 10.2 Å². The number of hydrogen-bond acceptors (Lipinski definition) is 7. The average Bonchev–Trinajstić information content (AvgIpc) is 2.83. The number of rotatable bonds is 3. The minimum Gasteiger partial charge on any atom is -0.374 e. The van der Waals surface area contributed by atoms with Gasteiger partial charge in [0.05, 0.1) is 5.25 Å². The third-order valence-corrected chi connectivity index (χ3v) is 5.01. The van der Waals surface area contributed by atoms with E-state index in [1.807, 2.05) is 6.92 Å². The molecule has 7 nitrogen and oxygen atoms in total. The predicted molar refractivity (Wildman–Crippen MR) is 78.5 cm³/mol. The third-order valence-electron chi connectivity index (χ3n) is 3.08. The van der Waals surface area contributed by atoms with Crippen molar-refractivity contribution in [2.24, 2.45) is 0 Å². The molecule has 1 unspecified atom stereocenters. The molecule has 0 aliphatic carbocycles. The topological polar surface area (TPSA) is 92.4 Å². The molecule has 1 saturated heterocycles. The Morgan fingerprint density at radius 3 is 2.35 bits per heavy atom. The van der Waals surface area contributed by atoms with E-state index in [-0.39, 0.29) is 17.1 Å². The lowest BCUT2D eigenvalue weighted by Crippen LogP contribution is -2.51. The fourth-order valence-electron chi connectivity index (χ4n) is 1.97. The minimum absolute atomic E-state index is 0.0591. The molecule has 2 N–H and O–H groups in total. The average molecular weight is 315 g/mol. The second-order valence-electron chi connectivity index (χ2n) is 4.50. The van der Waals surface area contributed by atoms with Crippen molar-refractivity contribution in [1.82, 2.24) is 20.0 Å². The van der Waals surface area contributed by atoms with Crippen LogP contribution in [0.3, 0.4) is 0 Å². The van der Waals surface area contributed by atoms with Gasteiger partial charge in [-0.05, 0) is 6.92 Å². The summed E-state index contributed by atoms with van der Waals surface area (Å²) in [5.41, 5.74) is 5.52. The number of carbonyl (C=O) groups is 2. The van der Waals surface area contributed by atoms with Gasteiger partial charge in [-0.3, -0.25) is 9.59 Å². The van der Waals surface area contributed by atoms with Crippen LogP contribution in [0.1, 0.15) is 13.8 Å². The molecular formula is C11H17N5O2S2. The van der Waals surface area contributed by atoms with Gasteiger partial charge in [0, 0.05) is 33.1 Å². The summed E-state index contributed by atoms with van der Waals surface area (Å²) >= 11 is 2.65. The maximum atomic E-state index is 12.3. The Balaban J connectivity index is 1.86. The molecule has 1 aliphatic rings. The largest absolute Gasteiger partial charge is 0.374 e. The predicted octanol–water partition coefficient (Wildman–Crippen LogP) is 0.292. The molecule has 0 saturated carbocycles. The van der Waals surface area contributed by atoms with Gasteiger partial charge in [-0.2, -0.15) is 0 Å². The number of aromatic nitrogens is 2. The van der Waals surface area contributed by atoms with E-state index < -0.39 is 0 Å². The maximum absolute atomic E-state index is 12.3. The van der Waals surface area contributed by atoms with Crippen LogP contribution in [-0.2, 0) is 9.59 Å². The van der Waals surface area contributed by atoms with Gasteiger partial charge in [0.2, 0.25) is 16.9 Å². The SMILES string of the molecule is CC(=O)N1CCN(C(=O)C(C)Sc2nnc(N)s2)CC1. The Bertz CT molecular complexity index is 499. The molecule has 2 heterocycles. The van der Waals surface area contributed by atoms with Crippen molar-refractivity contribution < 1.29 is 9.59 Å². The molecule has 1 aromatic heterocycles. The fourth-order valence-corrected chi connectivity index (χ4v) is 3.83. The summed E-state index contributed by atoms with van der Waals surface area (Å²) in [6.45, 7) is 5.77. The molecule has 20 heavy (non-hydrogen) atoms. The van der Waals surface area contributed by atoms with Crippen LogP contribution in [0.15, 0.2) is 4.34 Å². The van der Waals surface area contributed by atoms with Crippen molar-refractivity contribution in [3.63, 3.8) is 0 Å². The van der Waals surface area contributed by atoms with Gasteiger partial charge >= 0.3 is 0 Å². The Morgan fingerprint density at radius 1 is 1.25 bits per heavy atom. The zero-order valence-corrected chi connectivity index (χ0v) is 13.0. The molecule has 1 fully saturated rings. The summed E-state index contributed by atoms with van der Waals surface area (Å²) in [5, 5.41) is 7.80. The normalized spacial score (nSPS) is 17.1. The summed E-state index contributed by atoms with van der Waals surface area (Å²) < 4.78 is 0.700. The zero-order valence-electron chi connectivity index (χ0n) is 11.4. The van der Waals surface area contributed by atoms with Crippen LogP contribution in [0, 0.1) is 0 Å². The highest BCUT2D eigenvalue weighted by molar-refractivity contribution is 8.02. The van der Waals surface area contributed by atoms with Crippen molar-refractivity contribution in [1.29, 1.82) is 0 Å². The smallest absolute Gasteiger partial charge is 0.235 e. The minimum atomic E-state index is -0.230. The number of thioether (sulfide) groups is 1. The van der Waals surface area contributed by atoms with Gasteiger partial charge < -0.3 is 15.5 Å². The first-order valence-electron chi connectivity index (χ1n) is 6.27. The van der Waals surface area contributed by atoms with Crippen LogP contribution in [0.2, 0.25) is 0 Å². The molecule has 1 aliphatic heterocycles. The third kappa shape index (κ3) is 3.60. The van der Waals surface area contributed by atoms with Crippen molar-refractivity contribution >= 4 is 40.0 Å². The lowest BCUT2D eigenvalue weighted by atomic mass is 10.3. The molecule has 2 rings (SSSR count). The quantitative estimate of drug-likeness (QED) is 0.806. The molecule has 1 atom stereocenters. The summed E-state index contributed by atoms with van der Waals surface area (Å²) in [6, 6.07) is 0. The monoisotopic (exact) mass is 315 g/mol. The van der Waals surface area contributed by atoms with Crippen LogP contribution >= 0.6 is 23.1 Å². The van der Waals surface area contributed by atoms with E-state index in [1.165, 1.54) is 23.1 Å². The molecular weight excluding hydrogens is 298 g/mol. The second-order valence-corrected chi connectivity index (χ2v) is 7.09. The number of anilines is 1. The highest BCUT2D eigenvalue weighted by Gasteiger charge is 2.26.